The van der Waals surface area contributed by atoms with Crippen molar-refractivity contribution in [3.63, 3.8) is 0 Å². The molecule has 8 heteroatoms. The summed E-state index contributed by atoms with van der Waals surface area (Å²) in [5.74, 6) is -0.849. The minimum absolute atomic E-state index is 0.0887. The average molecular weight is 412 g/mol. The molecule has 0 aliphatic carbocycles. The van der Waals surface area contributed by atoms with E-state index in [1.165, 1.54) is 12.1 Å². The van der Waals surface area contributed by atoms with Crippen molar-refractivity contribution in [3.05, 3.63) is 83.1 Å². The number of furan rings is 1. The van der Waals surface area contributed by atoms with Gasteiger partial charge in [-0.3, -0.25) is 9.59 Å². The van der Waals surface area contributed by atoms with Gasteiger partial charge in [0, 0.05) is 24.1 Å². The van der Waals surface area contributed by atoms with Crippen LogP contribution in [0, 0.1) is 6.92 Å². The van der Waals surface area contributed by atoms with Gasteiger partial charge in [-0.05, 0) is 48.9 Å². The van der Waals surface area contributed by atoms with Gasteiger partial charge < -0.3 is 15.1 Å². The summed E-state index contributed by atoms with van der Waals surface area (Å²) < 4.78 is 27.9. The van der Waals surface area contributed by atoms with Gasteiger partial charge in [-0.15, -0.1) is 0 Å². The van der Waals surface area contributed by atoms with Gasteiger partial charge in [0.2, 0.25) is 14.9 Å². The Morgan fingerprint density at radius 3 is 2.34 bits per heavy atom. The van der Waals surface area contributed by atoms with E-state index in [2.05, 4.69) is 10.6 Å². The number of benzene rings is 2. The number of anilines is 1. The first-order valence-electron chi connectivity index (χ1n) is 8.77. The van der Waals surface area contributed by atoms with Gasteiger partial charge in [-0.1, -0.05) is 29.8 Å². The van der Waals surface area contributed by atoms with Crippen LogP contribution in [0.3, 0.4) is 0 Å². The Hall–Kier alpha value is -3.39. The molecule has 0 radical (unpaired) electrons. The molecule has 0 fully saturated rings. The average Bonchev–Trinajstić information content (AvgIpc) is 3.18. The molecule has 0 saturated heterocycles. The second-order valence-corrected chi connectivity index (χ2v) is 8.54. The second-order valence-electron chi connectivity index (χ2n) is 6.59. The Morgan fingerprint density at radius 2 is 1.69 bits per heavy atom. The first-order chi connectivity index (χ1) is 13.7. The molecule has 3 aromatic rings. The predicted molar refractivity (Wildman–Crippen MR) is 109 cm³/mol. The Labute approximate surface area is 168 Å². The summed E-state index contributed by atoms with van der Waals surface area (Å²) in [6.07, 6.45) is 1.00. The SMILES string of the molecule is Cc1ccc(C(=O)Nc2cccc(CNC(=O)c3ccc(S(C)(=O)=O)o3)c2)cc1. The fraction of sp³-hybridized carbons (Fsp3) is 0.143. The molecular weight excluding hydrogens is 392 g/mol. The lowest BCUT2D eigenvalue weighted by Gasteiger charge is -2.08. The Morgan fingerprint density at radius 1 is 0.966 bits per heavy atom. The Kier molecular flexibility index (Phi) is 5.84. The molecular formula is C21H20N2O5S. The highest BCUT2D eigenvalue weighted by molar-refractivity contribution is 7.90. The summed E-state index contributed by atoms with van der Waals surface area (Å²) in [6, 6.07) is 16.8. The van der Waals surface area contributed by atoms with Gasteiger partial charge in [-0.2, -0.15) is 0 Å². The topological polar surface area (TPSA) is 105 Å². The Bertz CT molecular complexity index is 1150. The largest absolute Gasteiger partial charge is 0.440 e. The third kappa shape index (κ3) is 5.32. The lowest BCUT2D eigenvalue weighted by atomic mass is 10.1. The molecule has 3 rings (SSSR count). The van der Waals surface area contributed by atoms with Gasteiger partial charge in [0.25, 0.3) is 11.8 Å². The monoisotopic (exact) mass is 412 g/mol. The zero-order chi connectivity index (χ0) is 21.0. The first-order valence-corrected chi connectivity index (χ1v) is 10.7. The number of amides is 2. The van der Waals surface area contributed by atoms with Crippen LogP contribution in [0.4, 0.5) is 5.69 Å². The van der Waals surface area contributed by atoms with Crippen LogP contribution >= 0.6 is 0 Å². The summed E-state index contributed by atoms with van der Waals surface area (Å²) in [7, 11) is -3.51. The van der Waals surface area contributed by atoms with Crippen molar-refractivity contribution < 1.29 is 22.4 Å². The number of carbonyl (C=O) groups excluding carboxylic acids is 2. The van der Waals surface area contributed by atoms with Gasteiger partial charge >= 0.3 is 0 Å². The molecule has 0 aliphatic heterocycles. The van der Waals surface area contributed by atoms with Crippen molar-refractivity contribution in [2.75, 3.05) is 11.6 Å². The lowest BCUT2D eigenvalue weighted by molar-refractivity contribution is 0.0917. The third-order valence-electron chi connectivity index (χ3n) is 4.12. The van der Waals surface area contributed by atoms with Crippen LogP contribution in [0.15, 0.2) is 70.2 Å². The molecule has 0 aliphatic rings. The minimum atomic E-state index is -3.51. The quantitative estimate of drug-likeness (QED) is 0.647. The molecule has 0 saturated carbocycles. The zero-order valence-electron chi connectivity index (χ0n) is 15.9. The van der Waals surface area contributed by atoms with E-state index in [0.717, 1.165) is 17.4 Å². The molecule has 0 bridgehead atoms. The number of hydrogen-bond acceptors (Lipinski definition) is 5. The summed E-state index contributed by atoms with van der Waals surface area (Å²) in [5.41, 5.74) is 2.97. The van der Waals surface area contributed by atoms with E-state index in [0.29, 0.717) is 11.3 Å². The van der Waals surface area contributed by atoms with Gasteiger partial charge in [0.1, 0.15) is 0 Å². The number of aryl methyl sites for hydroxylation is 1. The summed E-state index contributed by atoms with van der Waals surface area (Å²) >= 11 is 0. The number of carbonyl (C=O) groups is 2. The van der Waals surface area contributed by atoms with Crippen molar-refractivity contribution in [1.29, 1.82) is 0 Å². The van der Waals surface area contributed by atoms with E-state index in [4.69, 9.17) is 4.42 Å². The molecule has 29 heavy (non-hydrogen) atoms. The van der Waals surface area contributed by atoms with Crippen LogP contribution < -0.4 is 10.6 Å². The molecule has 2 amide bonds. The van der Waals surface area contributed by atoms with Crippen LogP contribution in [-0.2, 0) is 16.4 Å². The molecule has 0 unspecified atom stereocenters. The standard InChI is InChI=1S/C21H20N2O5S/c1-14-6-8-16(9-7-14)20(24)23-17-5-3-4-15(12-17)13-22-21(25)18-10-11-19(28-18)29(2,26)27/h3-12H,13H2,1-2H3,(H,22,25)(H,23,24). The molecule has 1 heterocycles. The third-order valence-corrected chi connectivity index (χ3v) is 5.07. The summed E-state index contributed by atoms with van der Waals surface area (Å²) in [5, 5.41) is 5.22. The van der Waals surface area contributed by atoms with Crippen molar-refractivity contribution in [2.45, 2.75) is 18.6 Å². The van der Waals surface area contributed by atoms with E-state index in [9.17, 15) is 18.0 Å². The molecule has 0 atom stereocenters. The van der Waals surface area contributed by atoms with Crippen LogP contribution in [0.5, 0.6) is 0 Å². The minimum Gasteiger partial charge on any atom is -0.440 e. The highest BCUT2D eigenvalue weighted by Gasteiger charge is 2.16. The van der Waals surface area contributed by atoms with Crippen molar-refractivity contribution >= 4 is 27.3 Å². The molecule has 2 aromatic carbocycles. The summed E-state index contributed by atoms with van der Waals surface area (Å²) in [6.45, 7) is 2.13. The van der Waals surface area contributed by atoms with Crippen molar-refractivity contribution in [2.24, 2.45) is 0 Å². The van der Waals surface area contributed by atoms with Gasteiger partial charge in [0.15, 0.2) is 5.76 Å². The zero-order valence-corrected chi connectivity index (χ0v) is 16.7. The Balaban J connectivity index is 1.62. The number of nitrogens with one attached hydrogen (secondary N) is 2. The molecule has 0 spiro atoms. The van der Waals surface area contributed by atoms with E-state index in [-0.39, 0.29) is 23.3 Å². The van der Waals surface area contributed by atoms with Crippen LogP contribution in [0.25, 0.3) is 0 Å². The number of sulfone groups is 1. The van der Waals surface area contributed by atoms with Crippen molar-refractivity contribution in [3.8, 4) is 0 Å². The lowest BCUT2D eigenvalue weighted by Crippen LogP contribution is -2.22. The maximum absolute atomic E-state index is 12.3. The first kappa shape index (κ1) is 20.3. The van der Waals surface area contributed by atoms with Gasteiger partial charge in [0.05, 0.1) is 0 Å². The maximum Gasteiger partial charge on any atom is 0.287 e. The molecule has 150 valence electrons. The highest BCUT2D eigenvalue weighted by Crippen LogP contribution is 2.15. The van der Waals surface area contributed by atoms with Crippen LogP contribution in [0.1, 0.15) is 32.0 Å². The van der Waals surface area contributed by atoms with E-state index in [1.807, 2.05) is 19.1 Å². The second kappa shape index (κ2) is 8.32. The van der Waals surface area contributed by atoms with E-state index >= 15 is 0 Å². The normalized spacial score (nSPS) is 11.1. The van der Waals surface area contributed by atoms with E-state index in [1.54, 1.807) is 36.4 Å². The molecule has 7 nitrogen and oxygen atoms in total. The summed E-state index contributed by atoms with van der Waals surface area (Å²) in [4.78, 5) is 24.5. The number of rotatable bonds is 6. The molecule has 2 N–H and O–H groups in total. The van der Waals surface area contributed by atoms with Crippen molar-refractivity contribution in [1.82, 2.24) is 5.32 Å². The predicted octanol–water partition coefficient (Wildman–Crippen LogP) is 3.17. The molecule has 1 aromatic heterocycles. The maximum atomic E-state index is 12.3. The van der Waals surface area contributed by atoms with Crippen LogP contribution in [0.2, 0.25) is 0 Å². The van der Waals surface area contributed by atoms with E-state index < -0.39 is 15.7 Å². The highest BCUT2D eigenvalue weighted by atomic mass is 32.2. The van der Waals surface area contributed by atoms with Crippen LogP contribution in [-0.4, -0.2) is 26.5 Å². The fourth-order valence-electron chi connectivity index (χ4n) is 2.58. The van der Waals surface area contributed by atoms with Gasteiger partial charge in [-0.25, -0.2) is 8.42 Å². The smallest absolute Gasteiger partial charge is 0.287 e. The number of hydrogen-bond donors (Lipinski definition) is 2. The fourth-order valence-corrected chi connectivity index (χ4v) is 3.13.